The Morgan fingerprint density at radius 1 is 1.33 bits per heavy atom. The number of thiocarbonyl (C=S) groups is 1. The summed E-state index contributed by atoms with van der Waals surface area (Å²) < 4.78 is 27.7. The summed E-state index contributed by atoms with van der Waals surface area (Å²) in [5.74, 6) is 0. The zero-order chi connectivity index (χ0) is 15.5. The van der Waals surface area contributed by atoms with E-state index in [9.17, 15) is 8.42 Å². The number of nitrogens with one attached hydrogen (secondary N) is 1. The van der Waals surface area contributed by atoms with Gasteiger partial charge < -0.3 is 5.73 Å². The van der Waals surface area contributed by atoms with Crippen LogP contribution in [0.25, 0.3) is 0 Å². The fourth-order valence-electron chi connectivity index (χ4n) is 1.59. The molecule has 0 fully saturated rings. The molecule has 3 N–H and O–H groups in total. The van der Waals surface area contributed by atoms with E-state index in [0.29, 0.717) is 5.69 Å². The number of benzene rings is 1. The smallest absolute Gasteiger partial charge is 0.242 e. The molecule has 1 aromatic carbocycles. The van der Waals surface area contributed by atoms with Crippen LogP contribution in [0, 0.1) is 0 Å². The van der Waals surface area contributed by atoms with Gasteiger partial charge in [0.2, 0.25) is 10.0 Å². The summed E-state index contributed by atoms with van der Waals surface area (Å²) in [4.78, 5) is 4.11. The Balaban J connectivity index is 2.13. The highest BCUT2D eigenvalue weighted by Crippen LogP contribution is 2.13. The predicted octanol–water partition coefficient (Wildman–Crippen LogP) is 1.96. The van der Waals surface area contributed by atoms with Gasteiger partial charge in [0, 0.05) is 17.2 Å². The highest BCUT2D eigenvalue weighted by atomic mass is 79.9. The van der Waals surface area contributed by atoms with Gasteiger partial charge in [-0.25, -0.2) is 13.1 Å². The molecule has 0 aliphatic heterocycles. The number of nitrogens with two attached hydrogens (primary N) is 1. The molecule has 0 aliphatic rings. The summed E-state index contributed by atoms with van der Waals surface area (Å²) in [5, 5.41) is 0. The fraction of sp³-hybridized carbons (Fsp3) is 0.0769. The third-order valence-electron chi connectivity index (χ3n) is 2.65. The Hall–Kier alpha value is -1.35. The molecule has 8 heteroatoms. The van der Waals surface area contributed by atoms with Crippen LogP contribution in [-0.4, -0.2) is 18.4 Å². The summed E-state index contributed by atoms with van der Waals surface area (Å²) in [6, 6.07) is 10.3. The molecule has 0 saturated heterocycles. The number of sulfonamides is 1. The molecule has 1 aromatic heterocycles. The van der Waals surface area contributed by atoms with Crippen molar-refractivity contribution >= 4 is 43.2 Å². The number of halogens is 1. The van der Waals surface area contributed by atoms with E-state index in [0.717, 1.165) is 10.0 Å². The highest BCUT2D eigenvalue weighted by molar-refractivity contribution is 9.10. The fourth-order valence-corrected chi connectivity index (χ4v) is 3.12. The van der Waals surface area contributed by atoms with Crippen LogP contribution in [0.2, 0.25) is 0 Å². The van der Waals surface area contributed by atoms with Gasteiger partial charge in [-0.3, -0.25) is 4.98 Å². The maximum absolute atomic E-state index is 12.1. The molecule has 2 rings (SSSR count). The monoisotopic (exact) mass is 385 g/mol. The average molecular weight is 386 g/mol. The number of aromatic nitrogens is 1. The van der Waals surface area contributed by atoms with Gasteiger partial charge in [0.1, 0.15) is 9.88 Å². The second kappa shape index (κ2) is 6.61. The van der Waals surface area contributed by atoms with Gasteiger partial charge in [0.15, 0.2) is 0 Å². The lowest BCUT2D eigenvalue weighted by molar-refractivity contribution is 0.581. The van der Waals surface area contributed by atoms with Crippen molar-refractivity contribution < 1.29 is 8.42 Å². The maximum atomic E-state index is 12.1. The van der Waals surface area contributed by atoms with Gasteiger partial charge in [-0.1, -0.05) is 40.3 Å². The Bertz CT molecular complexity index is 761. The van der Waals surface area contributed by atoms with Gasteiger partial charge in [-0.05, 0) is 29.8 Å². The van der Waals surface area contributed by atoms with E-state index in [2.05, 4.69) is 25.6 Å². The van der Waals surface area contributed by atoms with Crippen LogP contribution in [0.3, 0.4) is 0 Å². The second-order valence-corrected chi connectivity index (χ2v) is 7.32. The first-order chi connectivity index (χ1) is 9.88. The lowest BCUT2D eigenvalue weighted by Gasteiger charge is -2.07. The van der Waals surface area contributed by atoms with Gasteiger partial charge in [-0.15, -0.1) is 0 Å². The summed E-state index contributed by atoms with van der Waals surface area (Å²) in [6.45, 7) is 0.193. The molecule has 0 saturated carbocycles. The first-order valence-electron chi connectivity index (χ1n) is 5.88. The van der Waals surface area contributed by atoms with Gasteiger partial charge in [-0.2, -0.15) is 0 Å². The van der Waals surface area contributed by atoms with Crippen LogP contribution in [-0.2, 0) is 16.6 Å². The molecular weight excluding hydrogens is 374 g/mol. The van der Waals surface area contributed by atoms with Crippen LogP contribution < -0.4 is 10.5 Å². The molecule has 21 heavy (non-hydrogen) atoms. The Labute approximate surface area is 136 Å². The molecule has 5 nitrogen and oxygen atoms in total. The zero-order valence-corrected chi connectivity index (χ0v) is 14.0. The zero-order valence-electron chi connectivity index (χ0n) is 10.8. The third-order valence-corrected chi connectivity index (χ3v) is 4.74. The van der Waals surface area contributed by atoms with E-state index < -0.39 is 10.0 Å². The van der Waals surface area contributed by atoms with E-state index in [-0.39, 0.29) is 16.4 Å². The van der Waals surface area contributed by atoms with Crippen LogP contribution >= 0.6 is 28.1 Å². The first-order valence-corrected chi connectivity index (χ1v) is 8.57. The summed E-state index contributed by atoms with van der Waals surface area (Å²) in [6.07, 6.45) is 1.23. The molecule has 0 spiro atoms. The quantitative estimate of drug-likeness (QED) is 0.768. The minimum absolute atomic E-state index is 0.0671. The van der Waals surface area contributed by atoms with Gasteiger partial charge in [0.25, 0.3) is 0 Å². The van der Waals surface area contributed by atoms with Crippen LogP contribution in [0.1, 0.15) is 11.3 Å². The average Bonchev–Trinajstić information content (AvgIpc) is 2.45. The number of hydrogen-bond donors (Lipinski definition) is 2. The number of nitrogens with zero attached hydrogens (tertiary/aromatic N) is 1. The molecule has 110 valence electrons. The number of hydrogen-bond acceptors (Lipinski definition) is 4. The first kappa shape index (κ1) is 16.0. The largest absolute Gasteiger partial charge is 0.388 e. The summed E-state index contributed by atoms with van der Waals surface area (Å²) in [7, 11) is -3.63. The molecule has 0 radical (unpaired) electrons. The molecule has 0 amide bonds. The second-order valence-electron chi connectivity index (χ2n) is 4.20. The highest BCUT2D eigenvalue weighted by Gasteiger charge is 2.14. The molecule has 1 heterocycles. The molecule has 0 bridgehead atoms. The standard InChI is InChI=1S/C13H12BrN3O2S2/c14-10-3-1-2-9(6-10)7-17-21(18,19)11-4-5-12(13(15)20)16-8-11/h1-6,8,17H,7H2,(H2,15,20). The van der Waals surface area contributed by atoms with Crippen molar-refractivity contribution in [3.8, 4) is 0 Å². The van der Waals surface area contributed by atoms with Crippen LogP contribution in [0.5, 0.6) is 0 Å². The molecule has 0 aliphatic carbocycles. The number of rotatable bonds is 5. The van der Waals surface area contributed by atoms with E-state index in [1.54, 1.807) is 0 Å². The van der Waals surface area contributed by atoms with Crippen molar-refractivity contribution in [3.05, 3.63) is 58.3 Å². The van der Waals surface area contributed by atoms with Crippen molar-refractivity contribution in [2.45, 2.75) is 11.4 Å². The SMILES string of the molecule is NC(=S)c1ccc(S(=O)(=O)NCc2cccc(Br)c2)cn1. The molecule has 0 unspecified atom stereocenters. The molecular formula is C13H12BrN3O2S2. The van der Waals surface area contributed by atoms with Crippen molar-refractivity contribution in [1.29, 1.82) is 0 Å². The van der Waals surface area contributed by atoms with E-state index in [4.69, 9.17) is 18.0 Å². The molecule has 2 aromatic rings. The minimum Gasteiger partial charge on any atom is -0.388 e. The van der Waals surface area contributed by atoms with E-state index >= 15 is 0 Å². The van der Waals surface area contributed by atoms with E-state index in [1.807, 2.05) is 24.3 Å². The maximum Gasteiger partial charge on any atom is 0.242 e. The lowest BCUT2D eigenvalue weighted by atomic mass is 10.2. The normalized spacial score (nSPS) is 11.3. The Morgan fingerprint density at radius 2 is 2.10 bits per heavy atom. The lowest BCUT2D eigenvalue weighted by Crippen LogP contribution is -2.23. The molecule has 0 atom stereocenters. The van der Waals surface area contributed by atoms with Crippen molar-refractivity contribution in [1.82, 2.24) is 9.71 Å². The Kier molecular flexibility index (Phi) is 5.04. The van der Waals surface area contributed by atoms with Crippen molar-refractivity contribution in [3.63, 3.8) is 0 Å². The minimum atomic E-state index is -3.63. The van der Waals surface area contributed by atoms with Crippen LogP contribution in [0.4, 0.5) is 0 Å². The van der Waals surface area contributed by atoms with Crippen molar-refractivity contribution in [2.24, 2.45) is 5.73 Å². The topological polar surface area (TPSA) is 85.1 Å². The summed E-state index contributed by atoms with van der Waals surface area (Å²) >= 11 is 8.11. The van der Waals surface area contributed by atoms with Crippen molar-refractivity contribution in [2.75, 3.05) is 0 Å². The van der Waals surface area contributed by atoms with Gasteiger partial charge in [0.05, 0.1) is 5.69 Å². The Morgan fingerprint density at radius 3 is 2.67 bits per heavy atom. The van der Waals surface area contributed by atoms with Gasteiger partial charge >= 0.3 is 0 Å². The van der Waals surface area contributed by atoms with Crippen LogP contribution in [0.15, 0.2) is 52.0 Å². The number of pyridine rings is 1. The van der Waals surface area contributed by atoms with E-state index in [1.165, 1.54) is 18.3 Å². The summed E-state index contributed by atoms with van der Waals surface area (Å²) in [5.41, 5.74) is 6.65. The predicted molar refractivity (Wildman–Crippen MR) is 88.3 cm³/mol. The third kappa shape index (κ3) is 4.31.